The fourth-order valence-corrected chi connectivity index (χ4v) is 6.81. The second kappa shape index (κ2) is 13.8. The molecule has 13 heteroatoms. The van der Waals surface area contributed by atoms with Crippen molar-refractivity contribution in [2.45, 2.75) is 63.0 Å². The molecule has 0 spiro atoms. The van der Waals surface area contributed by atoms with Gasteiger partial charge in [0.2, 0.25) is 17.8 Å². The molecule has 4 aromatic rings. The maximum absolute atomic E-state index is 13.1. The molecular formula is C32H42N8O4S. The van der Waals surface area contributed by atoms with Gasteiger partial charge in [-0.15, -0.1) is 0 Å². The molecule has 240 valence electrons. The highest BCUT2D eigenvalue weighted by molar-refractivity contribution is 7.92. The molecule has 1 aliphatic rings. The van der Waals surface area contributed by atoms with Gasteiger partial charge < -0.3 is 25.6 Å². The molecule has 2 aromatic carbocycles. The Morgan fingerprint density at radius 1 is 1.07 bits per heavy atom. The van der Waals surface area contributed by atoms with Gasteiger partial charge in [0.1, 0.15) is 5.75 Å². The lowest BCUT2D eigenvalue weighted by atomic mass is 9.86. The molecule has 12 nitrogen and oxygen atoms in total. The number of amides is 1. The Morgan fingerprint density at radius 3 is 2.53 bits per heavy atom. The molecule has 0 saturated carbocycles. The normalized spacial score (nSPS) is 14.2. The molecule has 0 atom stereocenters. The van der Waals surface area contributed by atoms with Gasteiger partial charge in [0, 0.05) is 19.2 Å². The number of sulfone groups is 1. The number of fused-ring (bicyclic) bond motifs is 1. The summed E-state index contributed by atoms with van der Waals surface area (Å²) >= 11 is 0. The van der Waals surface area contributed by atoms with Crippen LogP contribution in [0.1, 0.15) is 57.1 Å². The van der Waals surface area contributed by atoms with Crippen LogP contribution in [-0.4, -0.2) is 77.3 Å². The SMILES string of the molecule is CCCNCC(=O)N1CCC(c2cc(OC)c(Nc3nc(Nc4ccccc4S(=O)(=O)C(C)C)n4nccc4n3)cc2C)CC1. The number of piperidine rings is 1. The van der Waals surface area contributed by atoms with E-state index >= 15 is 0 Å². The van der Waals surface area contributed by atoms with Gasteiger partial charge in [0.15, 0.2) is 15.5 Å². The van der Waals surface area contributed by atoms with E-state index in [4.69, 9.17) is 4.74 Å². The highest BCUT2D eigenvalue weighted by atomic mass is 32.2. The number of anilines is 4. The first-order valence-corrected chi connectivity index (χ1v) is 16.9. The predicted molar refractivity (Wildman–Crippen MR) is 176 cm³/mol. The number of nitrogens with zero attached hydrogens (tertiary/aromatic N) is 5. The van der Waals surface area contributed by atoms with Crippen molar-refractivity contribution >= 4 is 44.7 Å². The first kappa shape index (κ1) is 32.2. The topological polar surface area (TPSA) is 143 Å². The number of methoxy groups -OCH3 is 1. The molecule has 2 aromatic heterocycles. The summed E-state index contributed by atoms with van der Waals surface area (Å²) in [6, 6.07) is 12.6. The first-order chi connectivity index (χ1) is 21.6. The predicted octanol–water partition coefficient (Wildman–Crippen LogP) is 4.82. The number of nitrogens with one attached hydrogen (secondary N) is 3. The van der Waals surface area contributed by atoms with E-state index < -0.39 is 15.1 Å². The number of ether oxygens (including phenoxy) is 1. The van der Waals surface area contributed by atoms with Gasteiger partial charge in [0.05, 0.1) is 41.4 Å². The molecule has 3 N–H and O–H groups in total. The summed E-state index contributed by atoms with van der Waals surface area (Å²) in [6.07, 6.45) is 4.39. The van der Waals surface area contributed by atoms with E-state index in [9.17, 15) is 13.2 Å². The highest BCUT2D eigenvalue weighted by Crippen LogP contribution is 2.37. The van der Waals surface area contributed by atoms with Crippen LogP contribution >= 0.6 is 0 Å². The van der Waals surface area contributed by atoms with Crippen molar-refractivity contribution in [2.24, 2.45) is 0 Å². The van der Waals surface area contributed by atoms with E-state index in [-0.39, 0.29) is 10.8 Å². The zero-order valence-electron chi connectivity index (χ0n) is 26.5. The van der Waals surface area contributed by atoms with Crippen molar-refractivity contribution in [3.05, 3.63) is 59.8 Å². The third kappa shape index (κ3) is 7.04. The van der Waals surface area contributed by atoms with Gasteiger partial charge >= 0.3 is 0 Å². The monoisotopic (exact) mass is 634 g/mol. The Balaban J connectivity index is 1.38. The van der Waals surface area contributed by atoms with Gasteiger partial charge in [-0.2, -0.15) is 19.6 Å². The Labute approximate surface area is 264 Å². The van der Waals surface area contributed by atoms with Crippen molar-refractivity contribution in [3.63, 3.8) is 0 Å². The Kier molecular flexibility index (Phi) is 9.88. The van der Waals surface area contributed by atoms with E-state index in [2.05, 4.69) is 50.9 Å². The quantitative estimate of drug-likeness (QED) is 0.186. The minimum Gasteiger partial charge on any atom is -0.495 e. The molecule has 0 unspecified atom stereocenters. The minimum atomic E-state index is -3.56. The number of hydrogen-bond donors (Lipinski definition) is 3. The molecule has 1 amide bonds. The smallest absolute Gasteiger partial charge is 0.236 e. The molecular weight excluding hydrogens is 592 g/mol. The lowest BCUT2D eigenvalue weighted by molar-refractivity contribution is -0.131. The van der Waals surface area contributed by atoms with Crippen molar-refractivity contribution < 1.29 is 17.9 Å². The van der Waals surface area contributed by atoms with Crippen LogP contribution in [0, 0.1) is 6.92 Å². The molecule has 1 aliphatic heterocycles. The van der Waals surface area contributed by atoms with E-state index in [1.807, 2.05) is 11.0 Å². The van der Waals surface area contributed by atoms with Gasteiger partial charge in [-0.1, -0.05) is 19.1 Å². The summed E-state index contributed by atoms with van der Waals surface area (Å²) in [6.45, 7) is 10.2. The number of benzene rings is 2. The number of aromatic nitrogens is 4. The van der Waals surface area contributed by atoms with Gasteiger partial charge in [-0.3, -0.25) is 4.79 Å². The zero-order valence-corrected chi connectivity index (χ0v) is 27.3. The van der Waals surface area contributed by atoms with E-state index in [1.165, 1.54) is 10.1 Å². The summed E-state index contributed by atoms with van der Waals surface area (Å²) in [4.78, 5) is 24.0. The lowest BCUT2D eigenvalue weighted by Crippen LogP contribution is -2.42. The lowest BCUT2D eigenvalue weighted by Gasteiger charge is -2.33. The van der Waals surface area contributed by atoms with Crippen molar-refractivity contribution in [1.29, 1.82) is 0 Å². The average molecular weight is 635 g/mol. The Hall–Kier alpha value is -4.23. The number of hydrogen-bond acceptors (Lipinski definition) is 10. The highest BCUT2D eigenvalue weighted by Gasteiger charge is 2.26. The minimum absolute atomic E-state index is 0.157. The van der Waals surface area contributed by atoms with Crippen LogP contribution in [0.5, 0.6) is 5.75 Å². The van der Waals surface area contributed by atoms with Crippen LogP contribution in [0.4, 0.5) is 23.3 Å². The van der Waals surface area contributed by atoms with Crippen LogP contribution in [0.15, 0.2) is 53.6 Å². The Bertz CT molecular complexity index is 1760. The summed E-state index contributed by atoms with van der Waals surface area (Å²) in [7, 11) is -1.93. The third-order valence-electron chi connectivity index (χ3n) is 8.14. The van der Waals surface area contributed by atoms with Crippen LogP contribution in [0.3, 0.4) is 0 Å². The van der Waals surface area contributed by atoms with Crippen LogP contribution < -0.4 is 20.7 Å². The molecule has 45 heavy (non-hydrogen) atoms. The second-order valence-electron chi connectivity index (χ2n) is 11.6. The first-order valence-electron chi connectivity index (χ1n) is 15.4. The summed E-state index contributed by atoms with van der Waals surface area (Å²) in [5.74, 6) is 1.72. The molecule has 0 bridgehead atoms. The zero-order chi connectivity index (χ0) is 32.1. The van der Waals surface area contributed by atoms with Crippen molar-refractivity contribution in [3.8, 4) is 5.75 Å². The fourth-order valence-electron chi connectivity index (χ4n) is 5.61. The molecule has 3 heterocycles. The third-order valence-corrected chi connectivity index (χ3v) is 10.4. The molecule has 0 aliphatic carbocycles. The fraction of sp³-hybridized carbons (Fsp3) is 0.438. The number of likely N-dealkylation sites (tertiary alicyclic amines) is 1. The van der Waals surface area contributed by atoms with Crippen molar-refractivity contribution in [1.82, 2.24) is 29.8 Å². The largest absolute Gasteiger partial charge is 0.495 e. The molecule has 1 fully saturated rings. The second-order valence-corrected chi connectivity index (χ2v) is 14.0. The molecule has 1 saturated heterocycles. The van der Waals surface area contributed by atoms with Crippen LogP contribution in [0.25, 0.3) is 5.65 Å². The van der Waals surface area contributed by atoms with E-state index in [0.717, 1.165) is 44.5 Å². The summed E-state index contributed by atoms with van der Waals surface area (Å²) < 4.78 is 33.4. The summed E-state index contributed by atoms with van der Waals surface area (Å²) in [5, 5.41) is 13.4. The summed E-state index contributed by atoms with van der Waals surface area (Å²) in [5.41, 5.74) is 3.93. The molecule has 0 radical (unpaired) electrons. The number of para-hydroxylation sites is 1. The molecule has 5 rings (SSSR count). The van der Waals surface area contributed by atoms with Gasteiger partial charge in [-0.25, -0.2) is 8.42 Å². The van der Waals surface area contributed by atoms with Gasteiger partial charge in [0.25, 0.3) is 0 Å². The van der Waals surface area contributed by atoms with Crippen LogP contribution in [-0.2, 0) is 14.6 Å². The maximum atomic E-state index is 13.1. The number of carbonyl (C=O) groups excluding carboxylic acids is 1. The number of rotatable bonds is 12. The van der Waals surface area contributed by atoms with Crippen LogP contribution in [0.2, 0.25) is 0 Å². The number of carbonyl (C=O) groups is 1. The Morgan fingerprint density at radius 2 is 1.82 bits per heavy atom. The van der Waals surface area contributed by atoms with E-state index in [1.54, 1.807) is 57.5 Å². The maximum Gasteiger partial charge on any atom is 0.236 e. The standard InChI is InChI=1S/C32H42N8O4S/c1-6-14-33-20-30(41)39-16-12-23(13-17-39)24-19-27(44-5)26(18-22(24)4)35-31-37-29-11-15-34-40(29)32(38-31)36-25-9-7-8-10-28(25)45(42,43)21(2)3/h7-11,15,18-19,21,23,33H,6,12-14,16-17,20H2,1-5H3,(H2,35,36,37,38). The van der Waals surface area contributed by atoms with Crippen molar-refractivity contribution in [2.75, 3.05) is 43.9 Å². The van der Waals surface area contributed by atoms with Gasteiger partial charge in [-0.05, 0) is 87.9 Å². The number of aryl methyl sites for hydroxylation is 1. The van der Waals surface area contributed by atoms with E-state index in [0.29, 0.717) is 47.1 Å². The average Bonchev–Trinajstić information content (AvgIpc) is 3.51.